The zero-order valence-corrected chi connectivity index (χ0v) is 10.9. The molecule has 18 heavy (non-hydrogen) atoms. The molecule has 0 saturated heterocycles. The van der Waals surface area contributed by atoms with Gasteiger partial charge in [-0.15, -0.1) is 0 Å². The lowest BCUT2D eigenvalue weighted by molar-refractivity contribution is 0.498. The lowest BCUT2D eigenvalue weighted by Gasteiger charge is -2.22. The minimum atomic E-state index is -0.461. The second-order valence-corrected chi connectivity index (χ2v) is 4.75. The largest absolute Gasteiger partial charge is 0.307 e. The quantitative estimate of drug-likeness (QED) is 0.796. The molecule has 0 bridgehead atoms. The van der Waals surface area contributed by atoms with Crippen molar-refractivity contribution in [3.8, 4) is 0 Å². The molecule has 1 aromatic rings. The van der Waals surface area contributed by atoms with Gasteiger partial charge in [-0.05, 0) is 44.4 Å². The van der Waals surface area contributed by atoms with Gasteiger partial charge in [-0.1, -0.05) is 24.6 Å². The number of rotatable bonds is 4. The standard InChI is InChI=1S/C15H19F2N/c1-3-18-15(11-6-4-5-7-11)13-12(16)9-8-10(2)14(13)17/h6,8-9,15,18H,3-5,7H2,1-2H3. The Kier molecular flexibility index (Phi) is 4.12. The molecule has 0 spiro atoms. The first kappa shape index (κ1) is 13.2. The number of hydrogen-bond acceptors (Lipinski definition) is 1. The lowest BCUT2D eigenvalue weighted by Crippen LogP contribution is -2.24. The second kappa shape index (κ2) is 5.61. The normalized spacial score (nSPS) is 16.8. The van der Waals surface area contributed by atoms with Crippen LogP contribution in [0.15, 0.2) is 23.8 Å². The topological polar surface area (TPSA) is 12.0 Å². The number of halogens is 2. The van der Waals surface area contributed by atoms with Gasteiger partial charge < -0.3 is 5.32 Å². The molecular weight excluding hydrogens is 232 g/mol. The Morgan fingerprint density at radius 2 is 2.11 bits per heavy atom. The van der Waals surface area contributed by atoms with E-state index in [0.717, 1.165) is 24.8 Å². The molecule has 1 nitrogen and oxygen atoms in total. The van der Waals surface area contributed by atoms with Gasteiger partial charge in [0.25, 0.3) is 0 Å². The molecule has 3 heteroatoms. The van der Waals surface area contributed by atoms with E-state index in [1.807, 2.05) is 6.92 Å². The molecule has 0 aliphatic heterocycles. The summed E-state index contributed by atoms with van der Waals surface area (Å²) < 4.78 is 28.1. The van der Waals surface area contributed by atoms with Crippen molar-refractivity contribution in [1.82, 2.24) is 5.32 Å². The molecule has 98 valence electrons. The molecule has 2 rings (SSSR count). The number of benzene rings is 1. The van der Waals surface area contributed by atoms with Crippen molar-refractivity contribution < 1.29 is 8.78 Å². The average molecular weight is 251 g/mol. The van der Waals surface area contributed by atoms with Crippen LogP contribution in [0.25, 0.3) is 0 Å². The zero-order chi connectivity index (χ0) is 13.1. The molecule has 0 saturated carbocycles. The van der Waals surface area contributed by atoms with Crippen LogP contribution in [0.2, 0.25) is 0 Å². The molecular formula is C15H19F2N. The molecule has 0 radical (unpaired) electrons. The molecule has 0 aromatic heterocycles. The van der Waals surface area contributed by atoms with Gasteiger partial charge in [0.05, 0.1) is 6.04 Å². The maximum Gasteiger partial charge on any atom is 0.134 e. The van der Waals surface area contributed by atoms with Crippen molar-refractivity contribution in [2.45, 2.75) is 39.2 Å². The minimum absolute atomic E-state index is 0.171. The van der Waals surface area contributed by atoms with Crippen LogP contribution in [0.4, 0.5) is 8.78 Å². The van der Waals surface area contributed by atoms with Crippen LogP contribution in [0, 0.1) is 18.6 Å². The third-order valence-corrected chi connectivity index (χ3v) is 3.46. The van der Waals surface area contributed by atoms with Crippen LogP contribution in [-0.4, -0.2) is 6.54 Å². The predicted molar refractivity (Wildman–Crippen MR) is 69.4 cm³/mol. The van der Waals surface area contributed by atoms with E-state index in [1.54, 1.807) is 6.92 Å². The van der Waals surface area contributed by atoms with E-state index < -0.39 is 11.6 Å². The van der Waals surface area contributed by atoms with Crippen LogP contribution in [0.5, 0.6) is 0 Å². The van der Waals surface area contributed by atoms with Crippen molar-refractivity contribution in [2.24, 2.45) is 0 Å². The first-order valence-electron chi connectivity index (χ1n) is 6.52. The maximum absolute atomic E-state index is 14.2. The minimum Gasteiger partial charge on any atom is -0.307 e. The molecule has 0 fully saturated rings. The summed E-state index contributed by atoms with van der Waals surface area (Å²) >= 11 is 0. The Bertz CT molecular complexity index is 466. The fourth-order valence-corrected chi connectivity index (χ4v) is 2.52. The number of hydrogen-bond donors (Lipinski definition) is 1. The second-order valence-electron chi connectivity index (χ2n) is 4.75. The number of aryl methyl sites for hydroxylation is 1. The summed E-state index contributed by atoms with van der Waals surface area (Å²) in [6, 6.07) is 2.52. The summed E-state index contributed by atoms with van der Waals surface area (Å²) in [7, 11) is 0. The molecule has 1 aromatic carbocycles. The number of nitrogens with one attached hydrogen (secondary N) is 1. The van der Waals surface area contributed by atoms with E-state index in [1.165, 1.54) is 12.1 Å². The predicted octanol–water partition coefficient (Wildman–Crippen LogP) is 4.03. The van der Waals surface area contributed by atoms with Crippen molar-refractivity contribution in [3.63, 3.8) is 0 Å². The van der Waals surface area contributed by atoms with Crippen LogP contribution >= 0.6 is 0 Å². The number of likely N-dealkylation sites (N-methyl/N-ethyl adjacent to an activating group) is 1. The Morgan fingerprint density at radius 1 is 1.33 bits per heavy atom. The lowest BCUT2D eigenvalue weighted by atomic mass is 9.95. The first-order chi connectivity index (χ1) is 8.65. The summed E-state index contributed by atoms with van der Waals surface area (Å²) in [6.45, 7) is 4.31. The third-order valence-electron chi connectivity index (χ3n) is 3.46. The van der Waals surface area contributed by atoms with Gasteiger partial charge in [-0.3, -0.25) is 0 Å². The van der Waals surface area contributed by atoms with Gasteiger partial charge in [0, 0.05) is 5.56 Å². The monoisotopic (exact) mass is 251 g/mol. The third kappa shape index (κ3) is 2.46. The van der Waals surface area contributed by atoms with E-state index in [0.29, 0.717) is 12.1 Å². The summed E-state index contributed by atoms with van der Waals surface area (Å²) in [6.07, 6.45) is 5.11. The number of allylic oxidation sites excluding steroid dienone is 1. The molecule has 0 amide bonds. The van der Waals surface area contributed by atoms with E-state index >= 15 is 0 Å². The zero-order valence-electron chi connectivity index (χ0n) is 10.9. The van der Waals surface area contributed by atoms with Crippen molar-refractivity contribution in [3.05, 3.63) is 46.5 Å². The Morgan fingerprint density at radius 3 is 2.72 bits per heavy atom. The van der Waals surface area contributed by atoms with Crippen molar-refractivity contribution in [1.29, 1.82) is 0 Å². The van der Waals surface area contributed by atoms with Gasteiger partial charge in [0.2, 0.25) is 0 Å². The maximum atomic E-state index is 14.2. The van der Waals surface area contributed by atoms with Crippen LogP contribution in [0.1, 0.15) is 43.4 Å². The Labute approximate surface area is 107 Å². The first-order valence-corrected chi connectivity index (χ1v) is 6.52. The Hall–Kier alpha value is -1.22. The van der Waals surface area contributed by atoms with Crippen molar-refractivity contribution in [2.75, 3.05) is 6.54 Å². The van der Waals surface area contributed by atoms with E-state index in [-0.39, 0.29) is 11.6 Å². The summed E-state index contributed by atoms with van der Waals surface area (Å²) in [5, 5.41) is 3.20. The molecule has 1 N–H and O–H groups in total. The van der Waals surface area contributed by atoms with E-state index in [4.69, 9.17) is 0 Å². The highest BCUT2D eigenvalue weighted by Crippen LogP contribution is 2.34. The molecule has 1 unspecified atom stereocenters. The summed E-state index contributed by atoms with van der Waals surface area (Å²) in [5.74, 6) is -0.884. The van der Waals surface area contributed by atoms with Gasteiger partial charge in [-0.25, -0.2) is 8.78 Å². The molecule has 1 aliphatic rings. The van der Waals surface area contributed by atoms with E-state index in [2.05, 4.69) is 11.4 Å². The Balaban J connectivity index is 2.45. The molecule has 1 aliphatic carbocycles. The van der Waals surface area contributed by atoms with Crippen molar-refractivity contribution >= 4 is 0 Å². The highest BCUT2D eigenvalue weighted by atomic mass is 19.1. The summed E-state index contributed by atoms with van der Waals surface area (Å²) in [4.78, 5) is 0. The molecule has 0 heterocycles. The fraction of sp³-hybridized carbons (Fsp3) is 0.467. The SMILES string of the molecule is CCNC(C1=CCCC1)c1c(F)ccc(C)c1F. The average Bonchev–Trinajstić information content (AvgIpc) is 2.87. The van der Waals surface area contributed by atoms with E-state index in [9.17, 15) is 8.78 Å². The van der Waals surface area contributed by atoms with Crippen LogP contribution < -0.4 is 5.32 Å². The van der Waals surface area contributed by atoms with Crippen LogP contribution in [-0.2, 0) is 0 Å². The van der Waals surface area contributed by atoms with Gasteiger partial charge >= 0.3 is 0 Å². The van der Waals surface area contributed by atoms with Gasteiger partial charge in [-0.2, -0.15) is 0 Å². The highest BCUT2D eigenvalue weighted by Gasteiger charge is 2.25. The highest BCUT2D eigenvalue weighted by molar-refractivity contribution is 5.35. The molecule has 1 atom stereocenters. The smallest absolute Gasteiger partial charge is 0.134 e. The van der Waals surface area contributed by atoms with Gasteiger partial charge in [0.15, 0.2) is 0 Å². The fourth-order valence-electron chi connectivity index (χ4n) is 2.52. The van der Waals surface area contributed by atoms with Crippen LogP contribution in [0.3, 0.4) is 0 Å². The van der Waals surface area contributed by atoms with Gasteiger partial charge in [0.1, 0.15) is 11.6 Å². The summed E-state index contributed by atoms with van der Waals surface area (Å²) in [5.41, 5.74) is 1.78.